The molecule has 7 heteroatoms. The van der Waals surface area contributed by atoms with E-state index in [0.717, 1.165) is 24.5 Å². The average molecular weight is 425 g/mol. The van der Waals surface area contributed by atoms with Crippen molar-refractivity contribution in [2.24, 2.45) is 0 Å². The highest BCUT2D eigenvalue weighted by molar-refractivity contribution is 6.33. The van der Waals surface area contributed by atoms with E-state index in [9.17, 15) is 4.79 Å². The normalized spacial score (nSPS) is 14.4. The topological polar surface area (TPSA) is 71.3 Å². The second kappa shape index (κ2) is 9.30. The van der Waals surface area contributed by atoms with Crippen LogP contribution < -0.4 is 10.2 Å². The van der Waals surface area contributed by atoms with Gasteiger partial charge >= 0.3 is 0 Å². The summed E-state index contributed by atoms with van der Waals surface area (Å²) in [5, 5.41) is 7.52. The van der Waals surface area contributed by atoms with Crippen LogP contribution in [-0.4, -0.2) is 29.1 Å². The molecular weight excluding hydrogens is 400 g/mol. The minimum absolute atomic E-state index is 0.250. The van der Waals surface area contributed by atoms with Crippen LogP contribution in [0, 0.1) is 6.92 Å². The van der Waals surface area contributed by atoms with Crippen molar-refractivity contribution in [2.75, 3.05) is 18.0 Å². The van der Waals surface area contributed by atoms with Crippen molar-refractivity contribution in [3.05, 3.63) is 64.5 Å². The Morgan fingerprint density at radius 3 is 2.60 bits per heavy atom. The molecule has 3 heterocycles. The first-order valence-corrected chi connectivity index (χ1v) is 10.7. The summed E-state index contributed by atoms with van der Waals surface area (Å²) in [6, 6.07) is 11.3. The Morgan fingerprint density at radius 2 is 1.90 bits per heavy atom. The number of carbonyl (C=O) groups is 1. The summed E-state index contributed by atoms with van der Waals surface area (Å²) in [5.41, 5.74) is 2.46. The number of hydrogen-bond donors (Lipinski definition) is 1. The van der Waals surface area contributed by atoms with Crippen LogP contribution >= 0.6 is 11.6 Å². The Bertz CT molecular complexity index is 1010. The number of nitrogens with zero attached hydrogens (tertiary/aromatic N) is 3. The monoisotopic (exact) mass is 424 g/mol. The lowest BCUT2D eigenvalue weighted by atomic mass is 10.1. The molecule has 1 aliphatic heterocycles. The maximum atomic E-state index is 12.9. The van der Waals surface area contributed by atoms with Gasteiger partial charge in [-0.15, -0.1) is 0 Å². The molecule has 2 aromatic heterocycles. The summed E-state index contributed by atoms with van der Waals surface area (Å²) in [6.45, 7) is 4.21. The predicted molar refractivity (Wildman–Crippen MR) is 118 cm³/mol. The molecule has 3 aromatic rings. The lowest BCUT2D eigenvalue weighted by Crippen LogP contribution is -2.25. The van der Waals surface area contributed by atoms with Crippen LogP contribution in [0.15, 0.2) is 47.1 Å². The summed E-state index contributed by atoms with van der Waals surface area (Å²) in [4.78, 5) is 19.8. The van der Waals surface area contributed by atoms with Crippen molar-refractivity contribution in [2.45, 2.75) is 39.2 Å². The fraction of sp³-hybridized carbons (Fsp3) is 0.348. The second-order valence-electron chi connectivity index (χ2n) is 7.55. The van der Waals surface area contributed by atoms with Gasteiger partial charge in [0.25, 0.3) is 5.91 Å². The number of nitrogens with one attached hydrogen (secondary N) is 1. The summed E-state index contributed by atoms with van der Waals surface area (Å²) in [6.07, 6.45) is 6.84. The van der Waals surface area contributed by atoms with Gasteiger partial charge in [-0.2, -0.15) is 0 Å². The van der Waals surface area contributed by atoms with Gasteiger partial charge in [0, 0.05) is 31.4 Å². The molecule has 1 amide bonds. The highest BCUT2D eigenvalue weighted by atomic mass is 35.5. The number of amides is 1. The van der Waals surface area contributed by atoms with Gasteiger partial charge in [-0.05, 0) is 37.5 Å². The minimum atomic E-state index is -0.250. The largest absolute Gasteiger partial charge is 0.360 e. The van der Waals surface area contributed by atoms with Crippen molar-refractivity contribution >= 4 is 23.3 Å². The van der Waals surface area contributed by atoms with E-state index in [2.05, 4.69) is 20.4 Å². The highest BCUT2D eigenvalue weighted by Gasteiger charge is 2.22. The Labute approximate surface area is 181 Å². The number of anilines is 1. The molecule has 6 nitrogen and oxygen atoms in total. The van der Waals surface area contributed by atoms with Crippen LogP contribution in [0.1, 0.15) is 47.4 Å². The van der Waals surface area contributed by atoms with Crippen LogP contribution in [0.2, 0.25) is 5.02 Å². The van der Waals surface area contributed by atoms with Gasteiger partial charge in [0.1, 0.15) is 22.8 Å². The first kappa shape index (κ1) is 20.4. The molecule has 0 saturated carbocycles. The van der Waals surface area contributed by atoms with E-state index < -0.39 is 0 Å². The standard InChI is InChI=1S/C23H25ClN4O2/c1-16-21(22(27-30-16)18-8-4-5-9-19(18)24)23(29)26-15-17-10-11-20(25-14-17)28-12-6-2-3-7-13-28/h4-5,8-11,14H,2-3,6-7,12-13,15H2,1H3,(H,26,29). The minimum Gasteiger partial charge on any atom is -0.360 e. The fourth-order valence-corrected chi connectivity index (χ4v) is 3.98. The van der Waals surface area contributed by atoms with Gasteiger partial charge < -0.3 is 14.7 Å². The van der Waals surface area contributed by atoms with E-state index in [1.807, 2.05) is 36.5 Å². The van der Waals surface area contributed by atoms with Crippen molar-refractivity contribution in [3.63, 3.8) is 0 Å². The fourth-order valence-electron chi connectivity index (χ4n) is 3.76. The van der Waals surface area contributed by atoms with Crippen LogP contribution in [0.25, 0.3) is 11.3 Å². The first-order valence-electron chi connectivity index (χ1n) is 10.3. The highest BCUT2D eigenvalue weighted by Crippen LogP contribution is 2.31. The molecule has 156 valence electrons. The summed E-state index contributed by atoms with van der Waals surface area (Å²) >= 11 is 6.28. The van der Waals surface area contributed by atoms with E-state index in [-0.39, 0.29) is 5.91 Å². The second-order valence-corrected chi connectivity index (χ2v) is 7.96. The zero-order valence-corrected chi connectivity index (χ0v) is 17.8. The summed E-state index contributed by atoms with van der Waals surface area (Å²) in [7, 11) is 0. The third kappa shape index (κ3) is 4.49. The van der Waals surface area contributed by atoms with Crippen molar-refractivity contribution < 1.29 is 9.32 Å². The summed E-state index contributed by atoms with van der Waals surface area (Å²) in [5.74, 6) is 1.21. The molecule has 0 radical (unpaired) electrons. The number of aromatic nitrogens is 2. The SMILES string of the molecule is Cc1onc(-c2ccccc2Cl)c1C(=O)NCc1ccc(N2CCCCCC2)nc1. The molecule has 0 aliphatic carbocycles. The Balaban J connectivity index is 1.44. The summed E-state index contributed by atoms with van der Waals surface area (Å²) < 4.78 is 5.28. The molecule has 0 unspecified atom stereocenters. The number of aryl methyl sites for hydroxylation is 1. The lowest BCUT2D eigenvalue weighted by Gasteiger charge is -2.21. The smallest absolute Gasteiger partial charge is 0.257 e. The third-order valence-corrected chi connectivity index (χ3v) is 5.74. The van der Waals surface area contributed by atoms with Crippen LogP contribution in [0.3, 0.4) is 0 Å². The number of pyridine rings is 1. The van der Waals surface area contributed by atoms with Crippen molar-refractivity contribution in [3.8, 4) is 11.3 Å². The number of rotatable bonds is 5. The van der Waals surface area contributed by atoms with E-state index in [0.29, 0.717) is 34.1 Å². The molecule has 1 fully saturated rings. The Kier molecular flexibility index (Phi) is 6.33. The zero-order chi connectivity index (χ0) is 20.9. The van der Waals surface area contributed by atoms with Gasteiger partial charge in [0.2, 0.25) is 0 Å². The molecule has 1 saturated heterocycles. The van der Waals surface area contributed by atoms with Crippen LogP contribution in [0.4, 0.5) is 5.82 Å². The quantitative estimate of drug-likeness (QED) is 0.623. The maximum Gasteiger partial charge on any atom is 0.257 e. The molecule has 0 atom stereocenters. The van der Waals surface area contributed by atoms with Gasteiger partial charge in [-0.25, -0.2) is 4.98 Å². The predicted octanol–water partition coefficient (Wildman–Crippen LogP) is 5.01. The van der Waals surface area contributed by atoms with Gasteiger partial charge in [-0.3, -0.25) is 4.79 Å². The zero-order valence-electron chi connectivity index (χ0n) is 17.0. The number of carbonyl (C=O) groups excluding carboxylic acids is 1. The molecule has 0 bridgehead atoms. The average Bonchev–Trinajstić information content (AvgIpc) is 2.96. The van der Waals surface area contributed by atoms with E-state index >= 15 is 0 Å². The molecule has 0 spiro atoms. The van der Waals surface area contributed by atoms with Crippen molar-refractivity contribution in [1.29, 1.82) is 0 Å². The lowest BCUT2D eigenvalue weighted by molar-refractivity contribution is 0.0950. The van der Waals surface area contributed by atoms with Crippen LogP contribution in [0.5, 0.6) is 0 Å². The molecular formula is C23H25ClN4O2. The van der Waals surface area contributed by atoms with E-state index in [1.165, 1.54) is 25.7 Å². The Hall–Kier alpha value is -2.86. The van der Waals surface area contributed by atoms with E-state index in [1.54, 1.807) is 13.0 Å². The van der Waals surface area contributed by atoms with Gasteiger partial charge in [0.05, 0.1) is 5.02 Å². The number of hydrogen-bond acceptors (Lipinski definition) is 5. The molecule has 1 aromatic carbocycles. The van der Waals surface area contributed by atoms with E-state index in [4.69, 9.17) is 16.1 Å². The van der Waals surface area contributed by atoms with Gasteiger partial charge in [0.15, 0.2) is 0 Å². The number of halogens is 1. The molecule has 1 N–H and O–H groups in total. The van der Waals surface area contributed by atoms with Gasteiger partial charge in [-0.1, -0.05) is 53.9 Å². The number of benzene rings is 1. The molecule has 30 heavy (non-hydrogen) atoms. The van der Waals surface area contributed by atoms with Crippen molar-refractivity contribution in [1.82, 2.24) is 15.5 Å². The molecule has 4 rings (SSSR count). The Morgan fingerprint density at radius 1 is 1.13 bits per heavy atom. The maximum absolute atomic E-state index is 12.9. The van der Waals surface area contributed by atoms with Crippen LogP contribution in [-0.2, 0) is 6.54 Å². The molecule has 1 aliphatic rings. The first-order chi connectivity index (χ1) is 14.6. The third-order valence-electron chi connectivity index (χ3n) is 5.41.